The normalized spacial score (nSPS) is 14.8. The van der Waals surface area contributed by atoms with Gasteiger partial charge in [0.25, 0.3) is 0 Å². The van der Waals surface area contributed by atoms with E-state index in [0.717, 1.165) is 24.8 Å². The van der Waals surface area contributed by atoms with E-state index in [-0.39, 0.29) is 23.8 Å². The minimum atomic E-state index is -3.57. The van der Waals surface area contributed by atoms with E-state index in [4.69, 9.17) is 4.42 Å². The molecule has 1 amide bonds. The van der Waals surface area contributed by atoms with Crippen LogP contribution in [0.3, 0.4) is 0 Å². The number of carbonyl (C=O) groups excluding carboxylic acids is 1. The third-order valence-electron chi connectivity index (χ3n) is 5.84. The second-order valence-electron chi connectivity index (χ2n) is 8.33. The van der Waals surface area contributed by atoms with Crippen LogP contribution < -0.4 is 5.32 Å². The molecule has 1 aliphatic heterocycles. The lowest BCUT2D eigenvalue weighted by Gasteiger charge is -2.26. The van der Waals surface area contributed by atoms with Crippen molar-refractivity contribution in [2.24, 2.45) is 0 Å². The Balaban J connectivity index is 1.34. The number of nitrogens with one attached hydrogen (secondary N) is 1. The summed E-state index contributed by atoms with van der Waals surface area (Å²) in [4.78, 5) is 17.0. The summed E-state index contributed by atoms with van der Waals surface area (Å²) in [5.74, 6) is 0.978. The summed E-state index contributed by atoms with van der Waals surface area (Å²) in [6.07, 6.45) is 5.05. The molecule has 33 heavy (non-hydrogen) atoms. The van der Waals surface area contributed by atoms with Crippen LogP contribution in [0.2, 0.25) is 0 Å². The molecule has 1 aromatic heterocycles. The van der Waals surface area contributed by atoms with Crippen LogP contribution in [-0.4, -0.2) is 36.7 Å². The Bertz CT molecular complexity index is 1200. The first kappa shape index (κ1) is 23.2. The molecule has 1 aliphatic rings. The van der Waals surface area contributed by atoms with Crippen LogP contribution in [0.25, 0.3) is 11.3 Å². The van der Waals surface area contributed by atoms with Crippen molar-refractivity contribution in [3.63, 3.8) is 0 Å². The van der Waals surface area contributed by atoms with E-state index in [1.807, 2.05) is 31.2 Å². The van der Waals surface area contributed by atoms with Crippen LogP contribution >= 0.6 is 0 Å². The molecule has 1 saturated heterocycles. The number of benzene rings is 2. The molecule has 0 saturated carbocycles. The molecule has 4 rings (SSSR count). The van der Waals surface area contributed by atoms with Gasteiger partial charge in [0.2, 0.25) is 15.9 Å². The highest BCUT2D eigenvalue weighted by Gasteiger charge is 2.27. The van der Waals surface area contributed by atoms with Gasteiger partial charge < -0.3 is 9.73 Å². The number of rotatable bonds is 8. The third kappa shape index (κ3) is 5.69. The molecule has 0 unspecified atom stereocenters. The molecule has 0 spiro atoms. The number of amides is 1. The number of aryl methyl sites for hydroxylation is 2. The number of oxazole rings is 1. The fourth-order valence-electron chi connectivity index (χ4n) is 3.93. The summed E-state index contributed by atoms with van der Waals surface area (Å²) in [6, 6.07) is 14.8. The van der Waals surface area contributed by atoms with Crippen molar-refractivity contribution in [2.45, 2.75) is 50.5 Å². The quantitative estimate of drug-likeness (QED) is 0.539. The Morgan fingerprint density at radius 2 is 1.79 bits per heavy atom. The number of sulfonamides is 1. The minimum Gasteiger partial charge on any atom is -0.441 e. The minimum absolute atomic E-state index is 0.155. The second kappa shape index (κ2) is 10.3. The lowest BCUT2D eigenvalue weighted by atomic mass is 10.1. The zero-order chi connectivity index (χ0) is 23.3. The highest BCUT2D eigenvalue weighted by Crippen LogP contribution is 2.24. The molecule has 2 aromatic carbocycles. The average Bonchev–Trinajstić information content (AvgIpc) is 3.32. The van der Waals surface area contributed by atoms with Crippen molar-refractivity contribution in [3.05, 3.63) is 71.7 Å². The van der Waals surface area contributed by atoms with Gasteiger partial charge in [-0.3, -0.25) is 4.79 Å². The highest BCUT2D eigenvalue weighted by molar-refractivity contribution is 7.89. The maximum atomic E-state index is 13.1. The van der Waals surface area contributed by atoms with Crippen LogP contribution in [0.15, 0.2) is 64.0 Å². The fourth-order valence-corrected chi connectivity index (χ4v) is 5.66. The first-order valence-corrected chi connectivity index (χ1v) is 12.7. The molecule has 0 aliphatic carbocycles. The van der Waals surface area contributed by atoms with E-state index in [0.29, 0.717) is 36.7 Å². The molecule has 0 atom stereocenters. The van der Waals surface area contributed by atoms with Gasteiger partial charge in [0.05, 0.1) is 11.1 Å². The lowest BCUT2D eigenvalue weighted by molar-refractivity contribution is -0.121. The van der Waals surface area contributed by atoms with Crippen LogP contribution in [0.1, 0.15) is 42.7 Å². The topological polar surface area (TPSA) is 92.5 Å². The Morgan fingerprint density at radius 3 is 2.55 bits per heavy atom. The molecular weight excluding hydrogens is 438 g/mol. The summed E-state index contributed by atoms with van der Waals surface area (Å²) < 4.78 is 33.5. The summed E-state index contributed by atoms with van der Waals surface area (Å²) in [5.41, 5.74) is 2.70. The third-order valence-corrected chi connectivity index (χ3v) is 7.84. The van der Waals surface area contributed by atoms with E-state index >= 15 is 0 Å². The van der Waals surface area contributed by atoms with E-state index in [2.05, 4.69) is 10.3 Å². The summed E-state index contributed by atoms with van der Waals surface area (Å²) >= 11 is 0. The first-order valence-electron chi connectivity index (χ1n) is 11.3. The zero-order valence-corrected chi connectivity index (χ0v) is 19.6. The lowest BCUT2D eigenvalue weighted by Crippen LogP contribution is -2.36. The molecule has 0 bridgehead atoms. The molecule has 1 N–H and O–H groups in total. The van der Waals surface area contributed by atoms with Gasteiger partial charge in [-0.05, 0) is 31.4 Å². The summed E-state index contributed by atoms with van der Waals surface area (Å²) in [7, 11) is -3.57. The second-order valence-corrected chi connectivity index (χ2v) is 10.2. The van der Waals surface area contributed by atoms with E-state index in [1.54, 1.807) is 34.8 Å². The Kier molecular flexibility index (Phi) is 7.25. The number of hydrogen-bond donors (Lipinski definition) is 1. The first-order chi connectivity index (χ1) is 15.9. The largest absolute Gasteiger partial charge is 0.441 e. The van der Waals surface area contributed by atoms with Gasteiger partial charge in [-0.2, -0.15) is 4.31 Å². The van der Waals surface area contributed by atoms with Crippen molar-refractivity contribution in [2.75, 3.05) is 13.1 Å². The molecule has 2 heterocycles. The Hall–Kier alpha value is -2.97. The van der Waals surface area contributed by atoms with Crippen molar-refractivity contribution in [1.29, 1.82) is 0 Å². The number of piperidine rings is 1. The molecule has 1 fully saturated rings. The van der Waals surface area contributed by atoms with E-state index in [1.165, 1.54) is 5.56 Å². The molecule has 3 aromatic rings. The predicted molar refractivity (Wildman–Crippen MR) is 126 cm³/mol. The van der Waals surface area contributed by atoms with Gasteiger partial charge in [-0.1, -0.05) is 54.4 Å². The molecule has 174 valence electrons. The van der Waals surface area contributed by atoms with Crippen LogP contribution in [-0.2, 0) is 27.8 Å². The highest BCUT2D eigenvalue weighted by atomic mass is 32.2. The number of aromatic nitrogens is 1. The maximum absolute atomic E-state index is 13.1. The standard InChI is InChI=1S/C25H29N3O4S/c1-19-9-11-20(12-10-19)22-18-27-25(32-22)14-13-24(29)26-17-21-7-3-4-8-23(21)33(30,31)28-15-5-2-6-16-28/h3-4,7-12,18H,2,5-6,13-17H2,1H3,(H,26,29). The van der Waals surface area contributed by atoms with Crippen LogP contribution in [0.4, 0.5) is 0 Å². The van der Waals surface area contributed by atoms with Crippen LogP contribution in [0.5, 0.6) is 0 Å². The monoisotopic (exact) mass is 467 g/mol. The average molecular weight is 468 g/mol. The number of hydrogen-bond acceptors (Lipinski definition) is 5. The fraction of sp³-hybridized carbons (Fsp3) is 0.360. The summed E-state index contributed by atoms with van der Waals surface area (Å²) in [5, 5.41) is 2.84. The predicted octanol–water partition coefficient (Wildman–Crippen LogP) is 4.07. The number of nitrogens with zero attached hydrogens (tertiary/aromatic N) is 2. The van der Waals surface area contributed by atoms with Gasteiger partial charge in [0.1, 0.15) is 0 Å². The number of carbonyl (C=O) groups is 1. The van der Waals surface area contributed by atoms with Crippen molar-refractivity contribution < 1.29 is 17.6 Å². The molecule has 7 nitrogen and oxygen atoms in total. The van der Waals surface area contributed by atoms with Gasteiger partial charge in [-0.15, -0.1) is 0 Å². The zero-order valence-electron chi connectivity index (χ0n) is 18.8. The van der Waals surface area contributed by atoms with Crippen molar-refractivity contribution in [3.8, 4) is 11.3 Å². The van der Waals surface area contributed by atoms with Gasteiger partial charge in [0.15, 0.2) is 11.7 Å². The van der Waals surface area contributed by atoms with Gasteiger partial charge >= 0.3 is 0 Å². The summed E-state index contributed by atoms with van der Waals surface area (Å²) in [6.45, 7) is 3.27. The van der Waals surface area contributed by atoms with E-state index in [9.17, 15) is 13.2 Å². The SMILES string of the molecule is Cc1ccc(-c2cnc(CCC(=O)NCc3ccccc3S(=O)(=O)N3CCCCC3)o2)cc1. The molecule has 0 radical (unpaired) electrons. The van der Waals surface area contributed by atoms with Gasteiger partial charge in [0, 0.05) is 38.0 Å². The smallest absolute Gasteiger partial charge is 0.243 e. The van der Waals surface area contributed by atoms with E-state index < -0.39 is 10.0 Å². The molecule has 8 heteroatoms. The van der Waals surface area contributed by atoms with Crippen molar-refractivity contribution >= 4 is 15.9 Å². The Morgan fingerprint density at radius 1 is 1.06 bits per heavy atom. The maximum Gasteiger partial charge on any atom is 0.243 e. The molecular formula is C25H29N3O4S. The Labute approximate surface area is 194 Å². The van der Waals surface area contributed by atoms with Gasteiger partial charge in [-0.25, -0.2) is 13.4 Å². The van der Waals surface area contributed by atoms with Crippen molar-refractivity contribution in [1.82, 2.24) is 14.6 Å². The van der Waals surface area contributed by atoms with Crippen LogP contribution in [0, 0.1) is 6.92 Å².